The third kappa shape index (κ3) is 14.6. The van der Waals surface area contributed by atoms with Crippen LogP contribution in [0, 0.1) is 11.8 Å². The molecule has 0 aromatic heterocycles. The molecule has 0 saturated heterocycles. The molecule has 0 fully saturated rings. The van der Waals surface area contributed by atoms with E-state index in [-0.39, 0.29) is 71.0 Å². The smallest absolute Gasteiger partial charge is 0 e. The molecule has 0 radical (unpaired) electrons. The Morgan fingerprint density at radius 2 is 1.55 bits per heavy atom. The molecule has 0 unspecified atom stereocenters. The van der Waals surface area contributed by atoms with Gasteiger partial charge in [-0.1, -0.05) is 26.8 Å². The van der Waals surface area contributed by atoms with Gasteiger partial charge in [0.1, 0.15) is 0 Å². The maximum absolute atomic E-state index is 2.42. The van der Waals surface area contributed by atoms with Crippen molar-refractivity contribution in [1.29, 1.82) is 0 Å². The van der Waals surface area contributed by atoms with Crippen molar-refractivity contribution in [3.8, 4) is 0 Å². The topological polar surface area (TPSA) is 0 Å². The fourth-order valence-electron chi connectivity index (χ4n) is 1.53. The molecular formula is C17H28Cl3HfP-2. The molecule has 0 bridgehead atoms. The first-order chi connectivity index (χ1) is 8.38. The summed E-state index contributed by atoms with van der Waals surface area (Å²) in [6, 6.07) is 14.7. The number of halogens is 3. The van der Waals surface area contributed by atoms with Gasteiger partial charge in [-0.2, -0.15) is 29.1 Å². The summed E-state index contributed by atoms with van der Waals surface area (Å²) in [7, 11) is 0.280. The Kier molecular flexibility index (Phi) is 21.8. The summed E-state index contributed by atoms with van der Waals surface area (Å²) < 4.78 is 0. The van der Waals surface area contributed by atoms with E-state index in [2.05, 4.69) is 83.0 Å². The van der Waals surface area contributed by atoms with Crippen LogP contribution >= 0.6 is 45.1 Å². The van der Waals surface area contributed by atoms with E-state index in [0.717, 1.165) is 0 Å². The summed E-state index contributed by atoms with van der Waals surface area (Å²) >= 11 is 0. The quantitative estimate of drug-likeness (QED) is 0.220. The average Bonchev–Trinajstić information content (AvgIpc) is 2.74. The second kappa shape index (κ2) is 15.5. The Morgan fingerprint density at radius 1 is 1.00 bits per heavy atom. The first kappa shape index (κ1) is 30.8. The van der Waals surface area contributed by atoms with E-state index in [1.54, 1.807) is 0 Å². The maximum atomic E-state index is 2.42. The minimum atomic E-state index is 0. The first-order valence-electron chi connectivity index (χ1n) is 6.48. The molecule has 0 aliphatic heterocycles. The normalized spacial score (nSPS) is 9.36. The Morgan fingerprint density at radius 3 is 1.95 bits per heavy atom. The largest absolute Gasteiger partial charge is 0.319 e. The zero-order chi connectivity index (χ0) is 13.6. The number of benzene rings is 1. The van der Waals surface area contributed by atoms with Crippen LogP contribution in [-0.2, 0) is 25.8 Å². The molecule has 2 aromatic carbocycles. The molecule has 0 atom stereocenters. The van der Waals surface area contributed by atoms with Crippen molar-refractivity contribution in [3.05, 3.63) is 48.9 Å². The molecule has 2 aromatic rings. The number of hydrogen-bond acceptors (Lipinski definition) is 0. The maximum Gasteiger partial charge on any atom is 0 e. The van der Waals surface area contributed by atoms with E-state index in [9.17, 15) is 0 Å². The van der Waals surface area contributed by atoms with Crippen molar-refractivity contribution in [2.45, 2.75) is 20.8 Å². The molecule has 0 aliphatic rings. The number of hydrogen-bond donors (Lipinski definition) is 0. The fraction of sp³-hybridized carbons (Fsp3) is 0.412. The van der Waals surface area contributed by atoms with Crippen LogP contribution in [0.4, 0.5) is 0 Å². The Balaban J connectivity index is -0.000000125. The first-order valence-corrected chi connectivity index (χ1v) is 8.90. The van der Waals surface area contributed by atoms with Crippen LogP contribution in [0.1, 0.15) is 20.8 Å². The van der Waals surface area contributed by atoms with Crippen LogP contribution in [0.2, 0.25) is 0 Å². The molecule has 2 rings (SSSR count). The van der Waals surface area contributed by atoms with E-state index >= 15 is 0 Å². The van der Waals surface area contributed by atoms with Crippen molar-refractivity contribution in [3.63, 3.8) is 0 Å². The molecular weight excluding hydrogens is 520 g/mol. The van der Waals surface area contributed by atoms with Crippen molar-refractivity contribution in [1.82, 2.24) is 0 Å². The Bertz CT molecular complexity index is 434. The van der Waals surface area contributed by atoms with Crippen molar-refractivity contribution >= 4 is 55.9 Å². The van der Waals surface area contributed by atoms with Crippen molar-refractivity contribution < 1.29 is 25.8 Å². The van der Waals surface area contributed by atoms with Crippen LogP contribution in [-0.4, -0.2) is 19.5 Å². The molecule has 0 N–H and O–H groups in total. The zero-order valence-electron chi connectivity index (χ0n) is 14.0. The predicted octanol–water partition coefficient (Wildman–Crippen LogP) is 6.80. The molecule has 22 heavy (non-hydrogen) atoms. The van der Waals surface area contributed by atoms with Gasteiger partial charge in [0, 0.05) is 25.8 Å². The minimum absolute atomic E-state index is 0. The van der Waals surface area contributed by atoms with Gasteiger partial charge in [-0.05, 0) is 13.3 Å². The van der Waals surface area contributed by atoms with Gasteiger partial charge in [-0.15, -0.1) is 74.8 Å². The van der Waals surface area contributed by atoms with Crippen LogP contribution in [0.25, 0.3) is 10.8 Å². The van der Waals surface area contributed by atoms with Gasteiger partial charge in [0.25, 0.3) is 0 Å². The third-order valence-electron chi connectivity index (χ3n) is 2.62. The minimum Gasteiger partial charge on any atom is -0.319 e. The summed E-state index contributed by atoms with van der Waals surface area (Å²) in [5.74, 6) is 0. The Hall–Kier alpha value is 1.00. The van der Waals surface area contributed by atoms with Crippen molar-refractivity contribution in [2.75, 3.05) is 19.5 Å². The van der Waals surface area contributed by atoms with Gasteiger partial charge < -0.3 is 6.42 Å². The van der Waals surface area contributed by atoms with E-state index in [1.807, 2.05) is 0 Å². The summed E-state index contributed by atoms with van der Waals surface area (Å²) in [4.78, 5) is 0. The van der Waals surface area contributed by atoms with Gasteiger partial charge in [-0.25, -0.2) is 0 Å². The van der Waals surface area contributed by atoms with Gasteiger partial charge >= 0.3 is 0 Å². The molecule has 0 amide bonds. The van der Waals surface area contributed by atoms with Crippen LogP contribution in [0.15, 0.2) is 42.5 Å². The molecule has 5 heteroatoms. The van der Waals surface area contributed by atoms with Crippen LogP contribution in [0.5, 0.6) is 0 Å². The molecule has 0 nitrogen and oxygen atoms in total. The van der Waals surface area contributed by atoms with E-state index in [1.165, 1.54) is 16.9 Å². The summed E-state index contributed by atoms with van der Waals surface area (Å²) in [5.41, 5.74) is 0.423. The Labute approximate surface area is 175 Å². The van der Waals surface area contributed by atoms with Crippen LogP contribution in [0.3, 0.4) is 0 Å². The van der Waals surface area contributed by atoms with E-state index in [0.29, 0.717) is 5.41 Å². The molecule has 0 heterocycles. The summed E-state index contributed by atoms with van der Waals surface area (Å²) in [6.07, 6.45) is 3.72. The molecule has 0 aliphatic carbocycles. The standard InChI is InChI=1S/C9H7.C8H18P.3ClH.Hf/c1-2-5-9-7-3-6-8(9)4-1;1-8(2,3)6-7-9(4)5;;;;/h1-7H;6H,7H2,1-5H3;3*1H;/q2*-1;;;;. The van der Waals surface area contributed by atoms with Crippen molar-refractivity contribution in [2.24, 2.45) is 5.41 Å². The van der Waals surface area contributed by atoms with E-state index in [4.69, 9.17) is 0 Å². The predicted molar refractivity (Wildman–Crippen MR) is 109 cm³/mol. The summed E-state index contributed by atoms with van der Waals surface area (Å²) in [5, 5.41) is 2.66. The van der Waals surface area contributed by atoms with Crippen LogP contribution < -0.4 is 0 Å². The number of fused-ring (bicyclic) bond motifs is 1. The second-order valence-corrected chi connectivity index (χ2v) is 8.51. The zero-order valence-corrected chi connectivity index (χ0v) is 20.9. The second-order valence-electron chi connectivity index (χ2n) is 5.99. The third-order valence-corrected chi connectivity index (χ3v) is 3.53. The SMILES string of the molecule is CP(C)C[CH-]C(C)(C)C.Cl.Cl.Cl.[Hf].c1ccc2[cH-]ccc2c1. The van der Waals surface area contributed by atoms with Gasteiger partial charge in [0.15, 0.2) is 0 Å². The molecule has 0 spiro atoms. The molecule has 0 saturated carbocycles. The fourth-order valence-corrected chi connectivity index (χ4v) is 2.44. The van der Waals surface area contributed by atoms with E-state index < -0.39 is 0 Å². The summed E-state index contributed by atoms with van der Waals surface area (Å²) in [6.45, 7) is 11.4. The van der Waals surface area contributed by atoms with Gasteiger partial charge in [0.05, 0.1) is 0 Å². The van der Waals surface area contributed by atoms with Gasteiger partial charge in [-0.3, -0.25) is 0 Å². The molecule has 128 valence electrons. The number of rotatable bonds is 2. The monoisotopic (exact) mass is 548 g/mol. The average molecular weight is 548 g/mol. The van der Waals surface area contributed by atoms with Gasteiger partial charge in [0.2, 0.25) is 0 Å².